The Kier molecular flexibility index (Phi) is 6.22. The molecule has 2 heterocycles. The molecule has 5 aromatic rings. The van der Waals surface area contributed by atoms with E-state index in [1.54, 1.807) is 45.2 Å². The van der Waals surface area contributed by atoms with Crippen LogP contribution in [-0.4, -0.2) is 33.8 Å². The van der Waals surface area contributed by atoms with E-state index in [1.165, 1.54) is 0 Å². The molecule has 0 radical (unpaired) electrons. The molecule has 6 nitrogen and oxygen atoms in total. The van der Waals surface area contributed by atoms with Crippen LogP contribution in [0.25, 0.3) is 39.0 Å². The van der Waals surface area contributed by atoms with E-state index in [2.05, 4.69) is 4.98 Å². The van der Waals surface area contributed by atoms with Crippen LogP contribution in [0.4, 0.5) is 0 Å². The molecule has 0 bridgehead atoms. The molecular formula is C30H29N3O3S. The van der Waals surface area contributed by atoms with Crippen molar-refractivity contribution in [3.63, 3.8) is 0 Å². The Morgan fingerprint density at radius 3 is 2.46 bits per heavy atom. The van der Waals surface area contributed by atoms with E-state index in [1.807, 2.05) is 72.4 Å². The van der Waals surface area contributed by atoms with E-state index in [4.69, 9.17) is 4.98 Å². The minimum absolute atomic E-state index is 0.0611. The maximum Gasteiger partial charge on any atom is 0.178 e. The van der Waals surface area contributed by atoms with Crippen molar-refractivity contribution in [1.29, 1.82) is 0 Å². The number of hydrogen-bond donors (Lipinski definition) is 1. The molecule has 0 unspecified atom stereocenters. The van der Waals surface area contributed by atoms with Crippen LogP contribution >= 0.6 is 0 Å². The molecule has 0 saturated heterocycles. The summed E-state index contributed by atoms with van der Waals surface area (Å²) in [6.45, 7) is 7.12. The zero-order valence-corrected chi connectivity index (χ0v) is 22.1. The number of pyridine rings is 1. The fourth-order valence-corrected chi connectivity index (χ4v) is 5.43. The van der Waals surface area contributed by atoms with E-state index in [9.17, 15) is 13.5 Å². The zero-order chi connectivity index (χ0) is 26.4. The molecule has 0 amide bonds. The SMILES string of the molecule is CCS(=O)(=O)c1cccc(-c2ccc(-n3cc(C(C)(C)O)nc3-c3cccc4cnccc34)c(C)c2)c1. The van der Waals surface area contributed by atoms with Crippen molar-refractivity contribution in [3.05, 3.63) is 96.6 Å². The van der Waals surface area contributed by atoms with Crippen LogP contribution in [0, 0.1) is 6.92 Å². The summed E-state index contributed by atoms with van der Waals surface area (Å²) in [6, 6.07) is 21.1. The monoisotopic (exact) mass is 511 g/mol. The quantitative estimate of drug-likeness (QED) is 0.298. The second-order valence-corrected chi connectivity index (χ2v) is 12.0. The largest absolute Gasteiger partial charge is 0.384 e. The van der Waals surface area contributed by atoms with Gasteiger partial charge in [-0.15, -0.1) is 0 Å². The first-order chi connectivity index (χ1) is 17.6. The molecular weight excluding hydrogens is 482 g/mol. The predicted molar refractivity (Wildman–Crippen MR) is 147 cm³/mol. The molecule has 2 aromatic heterocycles. The highest BCUT2D eigenvalue weighted by Gasteiger charge is 2.24. The van der Waals surface area contributed by atoms with Gasteiger partial charge < -0.3 is 5.11 Å². The summed E-state index contributed by atoms with van der Waals surface area (Å²) in [5.74, 6) is 0.784. The van der Waals surface area contributed by atoms with Gasteiger partial charge in [0.05, 0.1) is 22.0 Å². The predicted octanol–water partition coefficient (Wildman–Crippen LogP) is 6.08. The number of rotatable bonds is 6. The number of hydrogen-bond acceptors (Lipinski definition) is 5. The van der Waals surface area contributed by atoms with Crippen LogP contribution in [0.5, 0.6) is 0 Å². The molecule has 0 atom stereocenters. The number of imidazole rings is 1. The van der Waals surface area contributed by atoms with E-state index in [-0.39, 0.29) is 5.75 Å². The summed E-state index contributed by atoms with van der Waals surface area (Å²) in [5.41, 5.74) is 4.06. The Morgan fingerprint density at radius 2 is 1.73 bits per heavy atom. The number of benzene rings is 3. The maximum atomic E-state index is 12.4. The molecule has 0 saturated carbocycles. The molecule has 0 aliphatic carbocycles. The van der Waals surface area contributed by atoms with Gasteiger partial charge in [0.2, 0.25) is 0 Å². The minimum atomic E-state index is -3.30. The van der Waals surface area contributed by atoms with Crippen molar-refractivity contribution >= 4 is 20.6 Å². The Bertz CT molecular complexity index is 1730. The highest BCUT2D eigenvalue weighted by molar-refractivity contribution is 7.91. The Labute approximate surface area is 217 Å². The normalized spacial score (nSPS) is 12.2. The molecule has 0 aliphatic heterocycles. The van der Waals surface area contributed by atoms with Gasteiger partial charge in [0.1, 0.15) is 11.4 Å². The van der Waals surface area contributed by atoms with Crippen LogP contribution in [0.15, 0.2) is 90.2 Å². The third kappa shape index (κ3) is 4.68. The number of nitrogens with zero attached hydrogens (tertiary/aromatic N) is 3. The number of aryl methyl sites for hydroxylation is 1. The van der Waals surface area contributed by atoms with Crippen molar-refractivity contribution in [3.8, 4) is 28.2 Å². The summed E-state index contributed by atoms with van der Waals surface area (Å²) in [7, 11) is -3.30. The third-order valence-electron chi connectivity index (χ3n) is 6.62. The van der Waals surface area contributed by atoms with Crippen molar-refractivity contribution in [1.82, 2.24) is 14.5 Å². The first-order valence-electron chi connectivity index (χ1n) is 12.2. The highest BCUT2D eigenvalue weighted by atomic mass is 32.2. The molecule has 0 fully saturated rings. The fraction of sp³-hybridized carbons (Fsp3) is 0.200. The van der Waals surface area contributed by atoms with Gasteiger partial charge in [-0.2, -0.15) is 0 Å². The zero-order valence-electron chi connectivity index (χ0n) is 21.3. The van der Waals surface area contributed by atoms with Gasteiger partial charge in [-0.3, -0.25) is 9.55 Å². The minimum Gasteiger partial charge on any atom is -0.384 e. The van der Waals surface area contributed by atoms with Crippen LogP contribution in [0.3, 0.4) is 0 Å². The average molecular weight is 512 g/mol. The number of aromatic nitrogens is 3. The Balaban J connectivity index is 1.66. The van der Waals surface area contributed by atoms with E-state index < -0.39 is 15.4 Å². The molecule has 37 heavy (non-hydrogen) atoms. The Hall–Kier alpha value is -3.81. The van der Waals surface area contributed by atoms with Gasteiger partial charge >= 0.3 is 0 Å². The van der Waals surface area contributed by atoms with E-state index >= 15 is 0 Å². The van der Waals surface area contributed by atoms with Gasteiger partial charge in [0.25, 0.3) is 0 Å². The van der Waals surface area contributed by atoms with Crippen molar-refractivity contribution in [2.24, 2.45) is 0 Å². The molecule has 0 aliphatic rings. The van der Waals surface area contributed by atoms with Gasteiger partial charge in [0, 0.05) is 29.5 Å². The smallest absolute Gasteiger partial charge is 0.178 e. The first kappa shape index (κ1) is 24.9. The third-order valence-corrected chi connectivity index (χ3v) is 8.35. The van der Waals surface area contributed by atoms with E-state index in [0.717, 1.165) is 44.5 Å². The lowest BCUT2D eigenvalue weighted by Gasteiger charge is -2.14. The van der Waals surface area contributed by atoms with Crippen molar-refractivity contribution in [2.45, 2.75) is 38.2 Å². The molecule has 3 aromatic carbocycles. The molecule has 1 N–H and O–H groups in total. The van der Waals surface area contributed by atoms with Gasteiger partial charge in [0.15, 0.2) is 9.84 Å². The average Bonchev–Trinajstić information content (AvgIpc) is 3.34. The second-order valence-electron chi connectivity index (χ2n) is 9.71. The van der Waals surface area contributed by atoms with Crippen LogP contribution in [0.1, 0.15) is 32.0 Å². The van der Waals surface area contributed by atoms with Crippen molar-refractivity contribution in [2.75, 3.05) is 5.75 Å². The summed E-state index contributed by atoms with van der Waals surface area (Å²) < 4.78 is 26.8. The number of aliphatic hydroxyl groups is 1. The van der Waals surface area contributed by atoms with Crippen LogP contribution in [0.2, 0.25) is 0 Å². The van der Waals surface area contributed by atoms with Crippen molar-refractivity contribution < 1.29 is 13.5 Å². The van der Waals surface area contributed by atoms with Crippen LogP contribution in [-0.2, 0) is 15.4 Å². The van der Waals surface area contributed by atoms with Gasteiger partial charge in [-0.1, -0.05) is 43.3 Å². The van der Waals surface area contributed by atoms with Crippen LogP contribution < -0.4 is 0 Å². The topological polar surface area (TPSA) is 85.1 Å². The molecule has 7 heteroatoms. The number of fused-ring (bicyclic) bond motifs is 1. The van der Waals surface area contributed by atoms with E-state index in [0.29, 0.717) is 10.6 Å². The first-order valence-corrected chi connectivity index (χ1v) is 13.8. The lowest BCUT2D eigenvalue weighted by Crippen LogP contribution is -2.15. The Morgan fingerprint density at radius 1 is 0.973 bits per heavy atom. The number of sulfone groups is 1. The lowest BCUT2D eigenvalue weighted by atomic mass is 10.0. The van der Waals surface area contributed by atoms with Gasteiger partial charge in [-0.05, 0) is 73.2 Å². The summed E-state index contributed by atoms with van der Waals surface area (Å²) in [4.78, 5) is 9.45. The second kappa shape index (κ2) is 9.25. The van der Waals surface area contributed by atoms with Gasteiger partial charge in [-0.25, -0.2) is 13.4 Å². The molecule has 0 spiro atoms. The fourth-order valence-electron chi connectivity index (χ4n) is 4.51. The molecule has 5 rings (SSSR count). The standard InChI is InChI=1S/C30H29N3O3S/c1-5-37(35,36)24-10-6-8-21(17-24)22-12-13-27(20(2)16-22)33-19-28(30(3,4)34)32-29(33)26-11-7-9-23-18-31-15-14-25(23)26/h6-19,34H,5H2,1-4H3. The molecule has 188 valence electrons. The summed E-state index contributed by atoms with van der Waals surface area (Å²) >= 11 is 0. The highest BCUT2D eigenvalue weighted by Crippen LogP contribution is 2.34. The lowest BCUT2D eigenvalue weighted by molar-refractivity contribution is 0.0743. The maximum absolute atomic E-state index is 12.4. The summed E-state index contributed by atoms with van der Waals surface area (Å²) in [5, 5.41) is 12.8. The summed E-state index contributed by atoms with van der Waals surface area (Å²) in [6.07, 6.45) is 5.48.